The van der Waals surface area contributed by atoms with Crippen molar-refractivity contribution in [3.63, 3.8) is 0 Å². The van der Waals surface area contributed by atoms with Gasteiger partial charge in [-0.3, -0.25) is 4.79 Å². The van der Waals surface area contributed by atoms with Crippen molar-refractivity contribution >= 4 is 18.6 Å². The standard InChI is InChI=1S/C10H18O2S/c1-7-3-4-9(5-8(7)2)12-10(11)6-13/h7-9,13H,3-6H2,1-2H3. The fourth-order valence-corrected chi connectivity index (χ4v) is 1.90. The summed E-state index contributed by atoms with van der Waals surface area (Å²) in [6.45, 7) is 4.49. The first kappa shape index (κ1) is 10.9. The van der Waals surface area contributed by atoms with E-state index in [1.807, 2.05) is 0 Å². The van der Waals surface area contributed by atoms with Gasteiger partial charge in [-0.05, 0) is 31.1 Å². The zero-order chi connectivity index (χ0) is 9.84. The summed E-state index contributed by atoms with van der Waals surface area (Å²) in [6, 6.07) is 0. The van der Waals surface area contributed by atoms with Crippen LogP contribution in [0.3, 0.4) is 0 Å². The van der Waals surface area contributed by atoms with Crippen LogP contribution in [0, 0.1) is 11.8 Å². The van der Waals surface area contributed by atoms with Crippen LogP contribution in [0.2, 0.25) is 0 Å². The molecule has 2 nitrogen and oxygen atoms in total. The summed E-state index contributed by atoms with van der Waals surface area (Å²) in [5.41, 5.74) is 0. The van der Waals surface area contributed by atoms with Gasteiger partial charge in [0.15, 0.2) is 0 Å². The van der Waals surface area contributed by atoms with E-state index in [0.717, 1.165) is 18.8 Å². The highest BCUT2D eigenvalue weighted by molar-refractivity contribution is 7.81. The SMILES string of the molecule is CC1CCC(OC(=O)CS)CC1C. The van der Waals surface area contributed by atoms with Crippen molar-refractivity contribution in [2.24, 2.45) is 11.8 Å². The molecule has 76 valence electrons. The third-order valence-electron chi connectivity index (χ3n) is 2.98. The second-order valence-corrected chi connectivity index (χ2v) is 4.35. The van der Waals surface area contributed by atoms with Crippen LogP contribution in [0.4, 0.5) is 0 Å². The first-order valence-corrected chi connectivity index (χ1v) is 5.57. The monoisotopic (exact) mass is 202 g/mol. The van der Waals surface area contributed by atoms with Crippen LogP contribution in [0.5, 0.6) is 0 Å². The van der Waals surface area contributed by atoms with E-state index in [4.69, 9.17) is 4.74 Å². The molecule has 3 heteroatoms. The zero-order valence-electron chi connectivity index (χ0n) is 8.32. The Morgan fingerprint density at radius 1 is 1.38 bits per heavy atom. The first-order valence-electron chi connectivity index (χ1n) is 4.93. The van der Waals surface area contributed by atoms with Crippen molar-refractivity contribution in [2.45, 2.75) is 39.2 Å². The average Bonchev–Trinajstić information content (AvgIpc) is 2.11. The lowest BCUT2D eigenvalue weighted by Crippen LogP contribution is -2.29. The molecular weight excluding hydrogens is 184 g/mol. The molecule has 0 radical (unpaired) electrons. The van der Waals surface area contributed by atoms with Gasteiger partial charge in [0.05, 0.1) is 5.75 Å². The molecule has 1 aliphatic rings. The molecule has 0 aromatic rings. The second kappa shape index (κ2) is 4.89. The molecule has 1 saturated carbocycles. The van der Waals surface area contributed by atoms with Gasteiger partial charge in [0.1, 0.15) is 6.10 Å². The van der Waals surface area contributed by atoms with Gasteiger partial charge in [-0.15, -0.1) is 0 Å². The first-order chi connectivity index (χ1) is 6.13. The minimum Gasteiger partial charge on any atom is -0.462 e. The fraction of sp³-hybridized carbons (Fsp3) is 0.900. The summed E-state index contributed by atoms with van der Waals surface area (Å²) < 4.78 is 5.24. The van der Waals surface area contributed by atoms with Crippen LogP contribution in [0.1, 0.15) is 33.1 Å². The van der Waals surface area contributed by atoms with Gasteiger partial charge >= 0.3 is 5.97 Å². The summed E-state index contributed by atoms with van der Waals surface area (Å²) in [4.78, 5) is 11.0. The lowest BCUT2D eigenvalue weighted by atomic mass is 9.80. The highest BCUT2D eigenvalue weighted by Crippen LogP contribution is 2.30. The lowest BCUT2D eigenvalue weighted by Gasteiger charge is -2.31. The van der Waals surface area contributed by atoms with E-state index in [0.29, 0.717) is 5.92 Å². The van der Waals surface area contributed by atoms with Crippen LogP contribution in [-0.4, -0.2) is 17.8 Å². The van der Waals surface area contributed by atoms with E-state index >= 15 is 0 Å². The van der Waals surface area contributed by atoms with Gasteiger partial charge in [0.2, 0.25) is 0 Å². The van der Waals surface area contributed by atoms with Gasteiger partial charge in [-0.2, -0.15) is 12.6 Å². The Morgan fingerprint density at radius 2 is 2.08 bits per heavy atom. The Balaban J connectivity index is 2.33. The minimum absolute atomic E-state index is 0.144. The summed E-state index contributed by atoms with van der Waals surface area (Å²) >= 11 is 3.88. The lowest BCUT2D eigenvalue weighted by molar-refractivity contribution is -0.148. The van der Waals surface area contributed by atoms with Gasteiger partial charge in [0, 0.05) is 0 Å². The molecular formula is C10H18O2S. The number of ether oxygens (including phenoxy) is 1. The third kappa shape index (κ3) is 3.22. The molecule has 0 amide bonds. The van der Waals surface area contributed by atoms with Crippen molar-refractivity contribution in [3.05, 3.63) is 0 Å². The molecule has 0 N–H and O–H groups in total. The van der Waals surface area contributed by atoms with Crippen LogP contribution in [0.25, 0.3) is 0 Å². The maximum Gasteiger partial charge on any atom is 0.315 e. The zero-order valence-corrected chi connectivity index (χ0v) is 9.22. The molecule has 0 bridgehead atoms. The van der Waals surface area contributed by atoms with Crippen LogP contribution in [-0.2, 0) is 9.53 Å². The van der Waals surface area contributed by atoms with E-state index in [-0.39, 0.29) is 17.8 Å². The molecule has 0 aromatic carbocycles. The van der Waals surface area contributed by atoms with E-state index in [1.54, 1.807) is 0 Å². The molecule has 3 unspecified atom stereocenters. The van der Waals surface area contributed by atoms with Crippen molar-refractivity contribution in [1.82, 2.24) is 0 Å². The Labute approximate surface area is 85.4 Å². The van der Waals surface area contributed by atoms with Crippen molar-refractivity contribution in [2.75, 3.05) is 5.75 Å². The molecule has 13 heavy (non-hydrogen) atoms. The molecule has 0 heterocycles. The van der Waals surface area contributed by atoms with E-state index in [1.165, 1.54) is 6.42 Å². The maximum absolute atomic E-state index is 11.0. The highest BCUT2D eigenvalue weighted by atomic mass is 32.1. The van der Waals surface area contributed by atoms with Crippen LogP contribution >= 0.6 is 12.6 Å². The Kier molecular flexibility index (Phi) is 4.10. The van der Waals surface area contributed by atoms with Crippen molar-refractivity contribution in [3.8, 4) is 0 Å². The number of hydrogen-bond acceptors (Lipinski definition) is 3. The highest BCUT2D eigenvalue weighted by Gasteiger charge is 2.26. The fourth-order valence-electron chi connectivity index (χ4n) is 1.83. The molecule has 1 rings (SSSR count). The predicted molar refractivity (Wildman–Crippen MR) is 55.9 cm³/mol. The minimum atomic E-state index is -0.185. The Bertz CT molecular complexity index is 182. The molecule has 1 aliphatic carbocycles. The number of esters is 1. The summed E-state index contributed by atoms with van der Waals surface area (Å²) in [7, 11) is 0. The number of thiol groups is 1. The summed E-state index contributed by atoms with van der Waals surface area (Å²) in [5.74, 6) is 1.45. The van der Waals surface area contributed by atoms with Crippen molar-refractivity contribution in [1.29, 1.82) is 0 Å². The molecule has 0 aromatic heterocycles. The quantitative estimate of drug-likeness (QED) is 0.549. The van der Waals surface area contributed by atoms with Crippen LogP contribution < -0.4 is 0 Å². The number of hydrogen-bond donors (Lipinski definition) is 1. The maximum atomic E-state index is 11.0. The topological polar surface area (TPSA) is 26.3 Å². The number of carbonyl (C=O) groups is 1. The molecule has 0 saturated heterocycles. The molecule has 0 spiro atoms. The predicted octanol–water partition coefficient (Wildman–Crippen LogP) is 2.28. The van der Waals surface area contributed by atoms with Gasteiger partial charge < -0.3 is 4.74 Å². The number of rotatable bonds is 2. The Hall–Kier alpha value is -0.180. The molecule has 3 atom stereocenters. The third-order valence-corrected chi connectivity index (χ3v) is 3.24. The van der Waals surface area contributed by atoms with Gasteiger partial charge in [0.25, 0.3) is 0 Å². The van der Waals surface area contributed by atoms with Crippen LogP contribution in [0.15, 0.2) is 0 Å². The Morgan fingerprint density at radius 3 is 2.62 bits per heavy atom. The number of carbonyl (C=O) groups excluding carboxylic acids is 1. The van der Waals surface area contributed by atoms with Gasteiger partial charge in [-0.1, -0.05) is 13.8 Å². The molecule has 1 fully saturated rings. The van der Waals surface area contributed by atoms with Crippen molar-refractivity contribution < 1.29 is 9.53 Å². The van der Waals surface area contributed by atoms with E-state index < -0.39 is 0 Å². The molecule has 0 aliphatic heterocycles. The second-order valence-electron chi connectivity index (χ2n) is 4.04. The van der Waals surface area contributed by atoms with Gasteiger partial charge in [-0.25, -0.2) is 0 Å². The normalized spacial score (nSPS) is 34.2. The summed E-state index contributed by atoms with van der Waals surface area (Å²) in [5, 5.41) is 0. The average molecular weight is 202 g/mol. The largest absolute Gasteiger partial charge is 0.462 e. The summed E-state index contributed by atoms with van der Waals surface area (Å²) in [6.07, 6.45) is 3.35. The smallest absolute Gasteiger partial charge is 0.315 e. The van der Waals surface area contributed by atoms with E-state index in [9.17, 15) is 4.79 Å². The van der Waals surface area contributed by atoms with E-state index in [2.05, 4.69) is 26.5 Å².